The van der Waals surface area contributed by atoms with E-state index in [-0.39, 0.29) is 12.5 Å². The molecule has 0 aliphatic heterocycles. The molecule has 3 rings (SSSR count). The molecule has 0 spiro atoms. The van der Waals surface area contributed by atoms with E-state index >= 15 is 0 Å². The summed E-state index contributed by atoms with van der Waals surface area (Å²) in [5.41, 5.74) is 4.90. The highest BCUT2D eigenvalue weighted by Crippen LogP contribution is 2.24. The molecule has 0 heterocycles. The van der Waals surface area contributed by atoms with Gasteiger partial charge in [-0.1, -0.05) is 60.7 Å². The van der Waals surface area contributed by atoms with Crippen molar-refractivity contribution in [2.75, 3.05) is 20.7 Å². The van der Waals surface area contributed by atoms with Gasteiger partial charge in [-0.05, 0) is 48.5 Å². The molecule has 0 unspecified atom stereocenters. The maximum atomic E-state index is 12.3. The third-order valence-electron chi connectivity index (χ3n) is 4.62. The molecule has 152 valence electrons. The molecule has 0 saturated carbocycles. The Balaban J connectivity index is 1.62. The molecule has 0 aliphatic carbocycles. The first kappa shape index (κ1) is 21.1. The number of hydrogen-bond donors (Lipinski definition) is 1. The molecule has 0 saturated heterocycles. The summed E-state index contributed by atoms with van der Waals surface area (Å²) < 4.78 is 5.50. The van der Waals surface area contributed by atoms with Crippen LogP contribution in [-0.2, 0) is 17.9 Å². The minimum atomic E-state index is -0.237. The zero-order valence-corrected chi connectivity index (χ0v) is 17.3. The standard InChI is InChI=1S/C25H25N3O2/c1-28(2)17-19-11-13-20(14-12-19)23-9-5-3-8-22(23)16-27-25(29)18-30-24-10-6-4-7-21(24)15-26/h3-14H,16-18H2,1-2H3,(H,27,29). The van der Waals surface area contributed by atoms with Crippen LogP contribution in [-0.4, -0.2) is 31.5 Å². The molecule has 0 atom stereocenters. The lowest BCUT2D eigenvalue weighted by atomic mass is 9.98. The van der Waals surface area contributed by atoms with E-state index < -0.39 is 0 Å². The summed E-state index contributed by atoms with van der Waals surface area (Å²) >= 11 is 0. The molecule has 3 aromatic carbocycles. The Morgan fingerprint density at radius 3 is 2.43 bits per heavy atom. The monoisotopic (exact) mass is 399 g/mol. The van der Waals surface area contributed by atoms with E-state index in [1.807, 2.05) is 18.2 Å². The summed E-state index contributed by atoms with van der Waals surface area (Å²) in [6.45, 7) is 1.16. The molecule has 5 heteroatoms. The molecular formula is C25H25N3O2. The second-order valence-electron chi connectivity index (χ2n) is 7.27. The predicted octanol–water partition coefficient (Wildman–Crippen LogP) is 3.98. The van der Waals surface area contributed by atoms with Crippen molar-refractivity contribution in [3.63, 3.8) is 0 Å². The molecule has 0 radical (unpaired) electrons. The van der Waals surface area contributed by atoms with Gasteiger partial charge >= 0.3 is 0 Å². The summed E-state index contributed by atoms with van der Waals surface area (Å²) in [5.74, 6) is 0.173. The number of carbonyl (C=O) groups excluding carboxylic acids is 1. The van der Waals surface area contributed by atoms with Crippen molar-refractivity contribution in [3.8, 4) is 22.9 Å². The number of benzene rings is 3. The highest BCUT2D eigenvalue weighted by Gasteiger charge is 2.09. The van der Waals surface area contributed by atoms with Crippen molar-refractivity contribution in [2.45, 2.75) is 13.1 Å². The number of nitriles is 1. The minimum Gasteiger partial charge on any atom is -0.482 e. The first-order chi connectivity index (χ1) is 14.6. The van der Waals surface area contributed by atoms with Gasteiger partial charge in [0, 0.05) is 13.1 Å². The van der Waals surface area contributed by atoms with Crippen LogP contribution in [0.4, 0.5) is 0 Å². The van der Waals surface area contributed by atoms with E-state index in [1.165, 1.54) is 5.56 Å². The first-order valence-corrected chi connectivity index (χ1v) is 9.77. The van der Waals surface area contributed by atoms with Gasteiger partial charge in [0.2, 0.25) is 0 Å². The van der Waals surface area contributed by atoms with Crippen LogP contribution in [0.25, 0.3) is 11.1 Å². The fourth-order valence-electron chi connectivity index (χ4n) is 3.18. The van der Waals surface area contributed by atoms with Gasteiger partial charge in [-0.15, -0.1) is 0 Å². The molecule has 1 amide bonds. The molecule has 5 nitrogen and oxygen atoms in total. The number of rotatable bonds is 8. The second kappa shape index (κ2) is 10.2. The van der Waals surface area contributed by atoms with Crippen molar-refractivity contribution in [2.24, 2.45) is 0 Å². The van der Waals surface area contributed by atoms with Crippen molar-refractivity contribution in [3.05, 3.63) is 89.5 Å². The van der Waals surface area contributed by atoms with Gasteiger partial charge < -0.3 is 15.0 Å². The zero-order chi connectivity index (χ0) is 21.3. The minimum absolute atomic E-state index is 0.139. The average Bonchev–Trinajstić information content (AvgIpc) is 2.77. The number of nitrogens with one attached hydrogen (secondary N) is 1. The fraction of sp³-hybridized carbons (Fsp3) is 0.200. The van der Waals surface area contributed by atoms with Crippen LogP contribution in [0.15, 0.2) is 72.8 Å². The Morgan fingerprint density at radius 1 is 1.00 bits per heavy atom. The lowest BCUT2D eigenvalue weighted by Gasteiger charge is -2.13. The SMILES string of the molecule is CN(C)Cc1ccc(-c2ccccc2CNC(=O)COc2ccccc2C#N)cc1. The molecule has 0 fully saturated rings. The lowest BCUT2D eigenvalue weighted by molar-refractivity contribution is -0.123. The van der Waals surface area contributed by atoms with Crippen LogP contribution in [0.2, 0.25) is 0 Å². The molecular weight excluding hydrogens is 374 g/mol. The summed E-state index contributed by atoms with van der Waals surface area (Å²) in [5, 5.41) is 12.0. The normalized spacial score (nSPS) is 10.5. The molecule has 30 heavy (non-hydrogen) atoms. The Labute approximate surface area is 177 Å². The van der Waals surface area contributed by atoms with Crippen molar-refractivity contribution in [1.82, 2.24) is 10.2 Å². The lowest BCUT2D eigenvalue weighted by Crippen LogP contribution is -2.28. The first-order valence-electron chi connectivity index (χ1n) is 9.77. The van der Waals surface area contributed by atoms with Crippen molar-refractivity contribution in [1.29, 1.82) is 5.26 Å². The van der Waals surface area contributed by atoms with Gasteiger partial charge in [-0.25, -0.2) is 0 Å². The largest absolute Gasteiger partial charge is 0.482 e. The van der Waals surface area contributed by atoms with E-state index in [1.54, 1.807) is 24.3 Å². The number of nitrogens with zero attached hydrogens (tertiary/aromatic N) is 2. The van der Waals surface area contributed by atoms with Gasteiger partial charge in [-0.2, -0.15) is 5.26 Å². The van der Waals surface area contributed by atoms with Crippen LogP contribution < -0.4 is 10.1 Å². The average molecular weight is 399 g/mol. The third-order valence-corrected chi connectivity index (χ3v) is 4.62. The molecule has 0 aromatic heterocycles. The van der Waals surface area contributed by atoms with Crippen LogP contribution in [0.1, 0.15) is 16.7 Å². The Kier molecular flexibility index (Phi) is 7.20. The van der Waals surface area contributed by atoms with Gasteiger partial charge in [0.1, 0.15) is 11.8 Å². The van der Waals surface area contributed by atoms with E-state index in [2.05, 4.69) is 60.7 Å². The predicted molar refractivity (Wildman–Crippen MR) is 118 cm³/mol. The fourth-order valence-corrected chi connectivity index (χ4v) is 3.18. The third kappa shape index (κ3) is 5.69. The Hall–Kier alpha value is -3.62. The van der Waals surface area contributed by atoms with E-state index in [0.717, 1.165) is 23.2 Å². The number of hydrogen-bond acceptors (Lipinski definition) is 4. The molecule has 1 N–H and O–H groups in total. The van der Waals surface area contributed by atoms with Crippen LogP contribution in [0, 0.1) is 11.3 Å². The van der Waals surface area contributed by atoms with Gasteiger partial charge in [0.05, 0.1) is 5.56 Å². The molecule has 0 bridgehead atoms. The topological polar surface area (TPSA) is 65.4 Å². The van der Waals surface area contributed by atoms with Gasteiger partial charge in [0.15, 0.2) is 6.61 Å². The number of para-hydroxylation sites is 1. The molecule has 0 aliphatic rings. The highest BCUT2D eigenvalue weighted by atomic mass is 16.5. The second-order valence-corrected chi connectivity index (χ2v) is 7.27. The van der Waals surface area contributed by atoms with Crippen LogP contribution in [0.3, 0.4) is 0 Å². The van der Waals surface area contributed by atoms with Crippen molar-refractivity contribution < 1.29 is 9.53 Å². The Bertz CT molecular complexity index is 1040. The summed E-state index contributed by atoms with van der Waals surface area (Å²) in [6, 6.07) is 25.4. The van der Waals surface area contributed by atoms with Crippen molar-refractivity contribution >= 4 is 5.91 Å². The highest BCUT2D eigenvalue weighted by molar-refractivity contribution is 5.78. The van der Waals surface area contributed by atoms with E-state index in [0.29, 0.717) is 17.9 Å². The summed E-state index contributed by atoms with van der Waals surface area (Å²) in [7, 11) is 4.10. The van der Waals surface area contributed by atoms with E-state index in [9.17, 15) is 4.79 Å². The van der Waals surface area contributed by atoms with Crippen LogP contribution in [0.5, 0.6) is 5.75 Å². The van der Waals surface area contributed by atoms with Crippen LogP contribution >= 0.6 is 0 Å². The molecule has 3 aromatic rings. The van der Waals surface area contributed by atoms with Gasteiger partial charge in [0.25, 0.3) is 5.91 Å². The zero-order valence-electron chi connectivity index (χ0n) is 17.3. The van der Waals surface area contributed by atoms with Gasteiger partial charge in [-0.3, -0.25) is 4.79 Å². The number of carbonyl (C=O) groups is 1. The Morgan fingerprint density at radius 2 is 1.70 bits per heavy atom. The number of amides is 1. The quantitative estimate of drug-likeness (QED) is 0.622. The summed E-state index contributed by atoms with van der Waals surface area (Å²) in [4.78, 5) is 14.4. The summed E-state index contributed by atoms with van der Waals surface area (Å²) in [6.07, 6.45) is 0. The number of ether oxygens (including phenoxy) is 1. The van der Waals surface area contributed by atoms with E-state index in [4.69, 9.17) is 10.00 Å². The maximum Gasteiger partial charge on any atom is 0.258 e. The maximum absolute atomic E-state index is 12.3. The smallest absolute Gasteiger partial charge is 0.258 e.